The molecule has 2 atom stereocenters. The summed E-state index contributed by atoms with van der Waals surface area (Å²) in [6.07, 6.45) is 3.55. The lowest BCUT2D eigenvalue weighted by atomic mass is 9.67. The van der Waals surface area contributed by atoms with Crippen molar-refractivity contribution < 1.29 is 30.8 Å². The van der Waals surface area contributed by atoms with Gasteiger partial charge in [-0.05, 0) is 175 Å². The van der Waals surface area contributed by atoms with Crippen LogP contribution < -0.4 is 9.80 Å². The highest BCUT2D eigenvalue weighted by atomic mass is 19.2. The number of fused-ring (bicyclic) bond motifs is 9. The van der Waals surface area contributed by atoms with Gasteiger partial charge >= 0.3 is 0 Å². The number of hydrogen-bond donors (Lipinski definition) is 0. The van der Waals surface area contributed by atoms with E-state index in [9.17, 15) is 0 Å². The second-order valence-corrected chi connectivity index (χ2v) is 22.0. The summed E-state index contributed by atoms with van der Waals surface area (Å²) < 4.78 is 102. The molecule has 0 bridgehead atoms. The van der Waals surface area contributed by atoms with Gasteiger partial charge in [0.25, 0.3) is 0 Å². The van der Waals surface area contributed by atoms with Gasteiger partial charge < -0.3 is 14.2 Å². The molecule has 3 nitrogen and oxygen atoms in total. The molecule has 12 aromatic carbocycles. The SMILES string of the molecule is C=Cc1ccc(C2(c3ccc(F)cc3)c3ccccc3-c3ccc(N(c4ccc(F)cc4F)c4cccc5oc6cccc(N(c7ccc8c(c7)C(c7ccc(F)cc7)(c7ccc(C=C)cc7)c7ccccc7-8)c7ccc(F)cc7F)c6c45)cc32)cc1. The molecule has 1 heterocycles. The van der Waals surface area contributed by atoms with Crippen LogP contribution in [0.15, 0.2) is 272 Å². The average molecular weight is 1140 g/mol. The zero-order valence-electron chi connectivity index (χ0n) is 46.4. The fraction of sp³-hybridized carbons (Fsp3) is 0.0256. The molecule has 13 aromatic rings. The van der Waals surface area contributed by atoms with Gasteiger partial charge in [-0.2, -0.15) is 0 Å². The summed E-state index contributed by atoms with van der Waals surface area (Å²) in [4.78, 5) is 3.49. The van der Waals surface area contributed by atoms with Crippen molar-refractivity contribution in [1.82, 2.24) is 0 Å². The van der Waals surface area contributed by atoms with Crippen LogP contribution in [0.1, 0.15) is 55.6 Å². The quantitative estimate of drug-likeness (QED) is 0.114. The molecule has 0 amide bonds. The summed E-state index contributed by atoms with van der Waals surface area (Å²) in [6, 6.07) is 75.0. The molecule has 418 valence electrons. The first-order valence-electron chi connectivity index (χ1n) is 28.4. The summed E-state index contributed by atoms with van der Waals surface area (Å²) in [5, 5.41) is 0.981. The van der Waals surface area contributed by atoms with Crippen molar-refractivity contribution in [3.8, 4) is 22.3 Å². The monoisotopic (exact) mass is 1140 g/mol. The smallest absolute Gasteiger partial charge is 0.150 e. The van der Waals surface area contributed by atoms with Gasteiger partial charge in [-0.3, -0.25) is 0 Å². The molecular formula is C78H48F6N2O. The maximum Gasteiger partial charge on any atom is 0.150 e. The van der Waals surface area contributed by atoms with Crippen LogP contribution >= 0.6 is 0 Å². The third kappa shape index (κ3) is 8.06. The zero-order chi connectivity index (χ0) is 59.3. The lowest BCUT2D eigenvalue weighted by molar-refractivity contribution is 0.583. The first kappa shape index (κ1) is 52.9. The van der Waals surface area contributed by atoms with Crippen LogP contribution in [-0.4, -0.2) is 0 Å². The van der Waals surface area contributed by atoms with Crippen LogP contribution in [0.2, 0.25) is 0 Å². The molecule has 0 aliphatic heterocycles. The predicted octanol–water partition coefficient (Wildman–Crippen LogP) is 21.4. The minimum atomic E-state index is -1.04. The number of halogens is 6. The van der Waals surface area contributed by atoms with Crippen LogP contribution in [-0.2, 0) is 10.8 Å². The van der Waals surface area contributed by atoms with Crippen LogP contribution in [0.25, 0.3) is 56.3 Å². The van der Waals surface area contributed by atoms with Crippen molar-refractivity contribution in [3.63, 3.8) is 0 Å². The van der Waals surface area contributed by atoms with E-state index in [4.69, 9.17) is 4.42 Å². The van der Waals surface area contributed by atoms with Crippen LogP contribution in [0.3, 0.4) is 0 Å². The second-order valence-electron chi connectivity index (χ2n) is 22.0. The largest absolute Gasteiger partial charge is 0.456 e. The van der Waals surface area contributed by atoms with Gasteiger partial charge in [0.15, 0.2) is 0 Å². The highest BCUT2D eigenvalue weighted by Crippen LogP contribution is 2.60. The van der Waals surface area contributed by atoms with Crippen molar-refractivity contribution in [3.05, 3.63) is 358 Å². The van der Waals surface area contributed by atoms with E-state index >= 15 is 26.3 Å². The Morgan fingerprint density at radius 2 is 0.667 bits per heavy atom. The molecule has 0 saturated heterocycles. The molecule has 0 radical (unpaired) electrons. The molecule has 2 unspecified atom stereocenters. The first-order chi connectivity index (χ1) is 42.5. The van der Waals surface area contributed by atoms with Gasteiger partial charge in [0.2, 0.25) is 0 Å². The summed E-state index contributed by atoms with van der Waals surface area (Å²) in [6.45, 7) is 8.01. The van der Waals surface area contributed by atoms with Gasteiger partial charge in [0.1, 0.15) is 46.1 Å². The van der Waals surface area contributed by atoms with Gasteiger partial charge in [-0.15, -0.1) is 0 Å². The highest BCUT2D eigenvalue weighted by Gasteiger charge is 2.48. The Morgan fingerprint density at radius 1 is 0.310 bits per heavy atom. The molecule has 0 saturated carbocycles. The fourth-order valence-corrected chi connectivity index (χ4v) is 13.9. The van der Waals surface area contributed by atoms with Crippen molar-refractivity contribution >= 4 is 68.2 Å². The average Bonchev–Trinajstić information content (AvgIpc) is 1.58. The molecule has 0 N–H and O–H groups in total. The Labute approximate surface area is 497 Å². The van der Waals surface area contributed by atoms with E-state index < -0.39 is 45.7 Å². The van der Waals surface area contributed by atoms with Crippen LogP contribution in [0, 0.1) is 34.9 Å². The summed E-state index contributed by atoms with van der Waals surface area (Å²) >= 11 is 0. The maximum absolute atomic E-state index is 17.2. The topological polar surface area (TPSA) is 19.6 Å². The molecule has 2 aliphatic rings. The summed E-state index contributed by atoms with van der Waals surface area (Å²) in [5.41, 5.74) is 12.9. The van der Waals surface area contributed by atoms with Crippen molar-refractivity contribution in [1.29, 1.82) is 0 Å². The zero-order valence-corrected chi connectivity index (χ0v) is 46.4. The number of furan rings is 1. The first-order valence-corrected chi connectivity index (χ1v) is 28.4. The third-order valence-electron chi connectivity index (χ3n) is 17.5. The molecule has 0 fully saturated rings. The van der Waals surface area contributed by atoms with Crippen LogP contribution in [0.4, 0.5) is 60.5 Å². The standard InChI is InChI=1S/C78H48F6N2O/c1-3-47-19-23-49(24-20-47)77(51-27-31-53(79)32-28-51)63-13-7-5-11-59(63)61-39-37-57(45-65(61)77)85(69-41-35-55(81)43-67(69)83)71-15-9-17-73-75(71)76-72(16-10-18-74(76)87-73)86(70-42-36-56(82)44-68(70)84)58-38-40-62-60-12-6-8-14-64(60)78(66(62)46-58,52-29-33-54(80)34-30-52)50-25-21-48(4-2)22-26-50/h3-46H,1-2H2. The number of rotatable bonds is 12. The summed E-state index contributed by atoms with van der Waals surface area (Å²) in [5.74, 6) is -4.06. The lowest BCUT2D eigenvalue weighted by Gasteiger charge is -2.35. The van der Waals surface area contributed by atoms with E-state index in [0.29, 0.717) is 44.7 Å². The predicted molar refractivity (Wildman–Crippen MR) is 338 cm³/mol. The number of nitrogens with zero attached hydrogens (tertiary/aromatic N) is 2. The fourth-order valence-electron chi connectivity index (χ4n) is 13.9. The normalized spacial score (nSPS) is 15.4. The lowest BCUT2D eigenvalue weighted by Crippen LogP contribution is -2.29. The summed E-state index contributed by atoms with van der Waals surface area (Å²) in [7, 11) is 0. The Bertz CT molecular complexity index is 4630. The van der Waals surface area contributed by atoms with Gasteiger partial charge in [0.05, 0.1) is 44.4 Å². The molecule has 87 heavy (non-hydrogen) atoms. The van der Waals surface area contributed by atoms with Crippen molar-refractivity contribution in [2.24, 2.45) is 0 Å². The Kier molecular flexibility index (Phi) is 12.4. The van der Waals surface area contributed by atoms with E-state index in [2.05, 4.69) is 61.7 Å². The third-order valence-corrected chi connectivity index (χ3v) is 17.5. The molecule has 15 rings (SSSR count). The highest BCUT2D eigenvalue weighted by molar-refractivity contribution is 6.19. The molecule has 0 spiro atoms. The van der Waals surface area contributed by atoms with Gasteiger partial charge in [-0.25, -0.2) is 26.3 Å². The van der Waals surface area contributed by atoms with Gasteiger partial charge in [-0.1, -0.05) is 171 Å². The van der Waals surface area contributed by atoms with E-state index in [0.717, 1.165) is 90.0 Å². The van der Waals surface area contributed by atoms with Gasteiger partial charge in [0, 0.05) is 23.5 Å². The Hall–Kier alpha value is -10.9. The van der Waals surface area contributed by atoms with E-state index in [1.807, 2.05) is 97.1 Å². The Balaban J connectivity index is 1.00. The second kappa shape index (κ2) is 20.4. The van der Waals surface area contributed by atoms with Crippen LogP contribution in [0.5, 0.6) is 0 Å². The number of anilines is 6. The Morgan fingerprint density at radius 3 is 1.05 bits per heavy atom. The molecule has 1 aromatic heterocycles. The number of benzene rings is 12. The van der Waals surface area contributed by atoms with E-state index in [1.54, 1.807) is 70.5 Å². The minimum absolute atomic E-state index is 0.00629. The minimum Gasteiger partial charge on any atom is -0.456 e. The molecular weight excluding hydrogens is 1090 g/mol. The van der Waals surface area contributed by atoms with Crippen molar-refractivity contribution in [2.45, 2.75) is 10.8 Å². The van der Waals surface area contributed by atoms with Crippen molar-refractivity contribution in [2.75, 3.05) is 9.80 Å². The molecule has 9 heteroatoms. The maximum atomic E-state index is 17.2. The number of hydrogen-bond acceptors (Lipinski definition) is 3. The van der Waals surface area contributed by atoms with E-state index in [-0.39, 0.29) is 11.4 Å². The molecule has 2 aliphatic carbocycles. The van der Waals surface area contributed by atoms with E-state index in [1.165, 1.54) is 48.5 Å².